The van der Waals surface area contributed by atoms with Crippen molar-refractivity contribution < 1.29 is 14.3 Å². The molecule has 2 aliphatic rings. The smallest absolute Gasteiger partial charge is 0.249 e. The Bertz CT molecular complexity index is 387. The van der Waals surface area contributed by atoms with E-state index in [1.54, 1.807) is 12.0 Å². The average molecular weight is 282 g/mol. The summed E-state index contributed by atoms with van der Waals surface area (Å²) < 4.78 is 5.04. The first-order valence-corrected chi connectivity index (χ1v) is 7.58. The van der Waals surface area contributed by atoms with Crippen LogP contribution in [0.15, 0.2) is 0 Å². The molecule has 1 spiro atoms. The molecule has 1 saturated carbocycles. The van der Waals surface area contributed by atoms with E-state index >= 15 is 0 Å². The van der Waals surface area contributed by atoms with Gasteiger partial charge in [-0.25, -0.2) is 0 Å². The number of rotatable bonds is 5. The zero-order valence-corrected chi connectivity index (χ0v) is 12.8. The molecule has 1 aliphatic heterocycles. The van der Waals surface area contributed by atoms with E-state index in [0.29, 0.717) is 13.2 Å². The molecule has 1 N–H and O–H groups in total. The molecule has 0 unspecified atom stereocenters. The molecule has 0 aromatic heterocycles. The molecule has 0 aromatic carbocycles. The summed E-state index contributed by atoms with van der Waals surface area (Å²) in [6.45, 7) is 4.99. The summed E-state index contributed by atoms with van der Waals surface area (Å²) in [5, 5.41) is 3.01. The molecule has 0 bridgehead atoms. The molecule has 20 heavy (non-hydrogen) atoms. The van der Waals surface area contributed by atoms with Crippen LogP contribution in [0.25, 0.3) is 0 Å². The van der Waals surface area contributed by atoms with Crippen molar-refractivity contribution in [2.75, 3.05) is 20.3 Å². The summed E-state index contributed by atoms with van der Waals surface area (Å²) in [7, 11) is 1.68. The van der Waals surface area contributed by atoms with Gasteiger partial charge in [0.15, 0.2) is 0 Å². The van der Waals surface area contributed by atoms with Crippen molar-refractivity contribution in [2.45, 2.75) is 63.5 Å². The Hall–Kier alpha value is -1.10. The van der Waals surface area contributed by atoms with Gasteiger partial charge in [0.2, 0.25) is 11.8 Å². The van der Waals surface area contributed by atoms with E-state index < -0.39 is 11.1 Å². The average Bonchev–Trinajstić information content (AvgIpc) is 2.86. The number of ether oxygens (including phenoxy) is 1. The van der Waals surface area contributed by atoms with Gasteiger partial charge in [-0.2, -0.15) is 0 Å². The number of hydrogen-bond donors (Lipinski definition) is 1. The van der Waals surface area contributed by atoms with E-state index in [4.69, 9.17) is 4.74 Å². The number of piperazine rings is 1. The lowest BCUT2D eigenvalue weighted by molar-refractivity contribution is -0.161. The second-order valence-corrected chi connectivity index (χ2v) is 6.46. The first kappa shape index (κ1) is 15.3. The van der Waals surface area contributed by atoms with Crippen molar-refractivity contribution in [3.8, 4) is 0 Å². The molecule has 1 aliphatic carbocycles. The quantitative estimate of drug-likeness (QED) is 0.777. The number of hydrogen-bond acceptors (Lipinski definition) is 3. The van der Waals surface area contributed by atoms with Crippen LogP contribution < -0.4 is 5.32 Å². The van der Waals surface area contributed by atoms with Crippen LogP contribution >= 0.6 is 0 Å². The predicted molar refractivity (Wildman–Crippen MR) is 76.2 cm³/mol. The zero-order valence-electron chi connectivity index (χ0n) is 12.8. The van der Waals surface area contributed by atoms with Crippen molar-refractivity contribution in [1.82, 2.24) is 10.2 Å². The van der Waals surface area contributed by atoms with Crippen LogP contribution in [0.1, 0.15) is 52.4 Å². The van der Waals surface area contributed by atoms with Gasteiger partial charge < -0.3 is 15.0 Å². The van der Waals surface area contributed by atoms with Crippen molar-refractivity contribution in [2.24, 2.45) is 0 Å². The maximum absolute atomic E-state index is 12.9. The number of amides is 2. The van der Waals surface area contributed by atoms with Gasteiger partial charge in [-0.1, -0.05) is 12.8 Å². The Balaban J connectivity index is 2.11. The molecular formula is C15H26N2O3. The van der Waals surface area contributed by atoms with Crippen LogP contribution in [0.2, 0.25) is 0 Å². The summed E-state index contributed by atoms with van der Waals surface area (Å²) in [6.07, 6.45) is 5.37. The summed E-state index contributed by atoms with van der Waals surface area (Å²) in [6, 6.07) is 0. The number of methoxy groups -OCH3 is 1. The lowest BCUT2D eigenvalue weighted by Crippen LogP contribution is -2.73. The fourth-order valence-corrected chi connectivity index (χ4v) is 3.27. The molecule has 0 aromatic rings. The van der Waals surface area contributed by atoms with Gasteiger partial charge in [0.05, 0.1) is 0 Å². The third-order valence-corrected chi connectivity index (χ3v) is 4.68. The third kappa shape index (κ3) is 2.55. The van der Waals surface area contributed by atoms with E-state index in [-0.39, 0.29) is 11.8 Å². The van der Waals surface area contributed by atoms with Crippen LogP contribution in [0, 0.1) is 0 Å². The highest BCUT2D eigenvalue weighted by atomic mass is 16.5. The standard InChI is InChI=1S/C15H26N2O3/c1-14(2)12(18)16-15(8-4-5-9-15)13(19)17(14)10-6-7-11-20-3/h4-11H2,1-3H3,(H,16,18). The Morgan fingerprint density at radius 1 is 1.20 bits per heavy atom. The fourth-order valence-electron chi connectivity index (χ4n) is 3.27. The van der Waals surface area contributed by atoms with Crippen LogP contribution in [0.5, 0.6) is 0 Å². The largest absolute Gasteiger partial charge is 0.385 e. The molecule has 2 rings (SSSR count). The third-order valence-electron chi connectivity index (χ3n) is 4.68. The van der Waals surface area contributed by atoms with Crippen LogP contribution in [-0.4, -0.2) is 48.1 Å². The van der Waals surface area contributed by atoms with Gasteiger partial charge in [0.25, 0.3) is 0 Å². The Morgan fingerprint density at radius 2 is 1.85 bits per heavy atom. The van der Waals surface area contributed by atoms with Crippen molar-refractivity contribution in [3.05, 3.63) is 0 Å². The second kappa shape index (κ2) is 5.72. The van der Waals surface area contributed by atoms with E-state index in [2.05, 4.69) is 5.32 Å². The maximum Gasteiger partial charge on any atom is 0.249 e. The van der Waals surface area contributed by atoms with E-state index in [1.165, 1.54) is 0 Å². The van der Waals surface area contributed by atoms with Crippen molar-refractivity contribution >= 4 is 11.8 Å². The number of nitrogens with one attached hydrogen (secondary N) is 1. The molecule has 0 atom stereocenters. The van der Waals surface area contributed by atoms with Crippen LogP contribution in [-0.2, 0) is 14.3 Å². The van der Waals surface area contributed by atoms with Gasteiger partial charge >= 0.3 is 0 Å². The summed E-state index contributed by atoms with van der Waals surface area (Å²) in [5.41, 5.74) is -1.37. The number of carbonyl (C=O) groups is 2. The molecule has 5 nitrogen and oxygen atoms in total. The molecule has 1 saturated heterocycles. The number of nitrogens with zero attached hydrogens (tertiary/aromatic N) is 1. The topological polar surface area (TPSA) is 58.6 Å². The Labute approximate surface area is 121 Å². The van der Waals surface area contributed by atoms with Gasteiger partial charge in [-0.15, -0.1) is 0 Å². The minimum absolute atomic E-state index is 0.0225. The van der Waals surface area contributed by atoms with Gasteiger partial charge in [-0.05, 0) is 39.5 Å². The SMILES string of the molecule is COCCCCN1C(=O)C2(CCCC2)NC(=O)C1(C)C. The summed E-state index contributed by atoms with van der Waals surface area (Å²) in [5.74, 6) is 0.0859. The minimum atomic E-state index is -0.752. The summed E-state index contributed by atoms with van der Waals surface area (Å²) in [4.78, 5) is 27.0. The van der Waals surface area contributed by atoms with Crippen molar-refractivity contribution in [3.63, 3.8) is 0 Å². The van der Waals surface area contributed by atoms with E-state index in [9.17, 15) is 9.59 Å². The Kier molecular flexibility index (Phi) is 4.37. The predicted octanol–water partition coefficient (Wildman–Crippen LogP) is 1.46. The first-order chi connectivity index (χ1) is 9.44. The van der Waals surface area contributed by atoms with Gasteiger partial charge in [0, 0.05) is 20.3 Å². The van der Waals surface area contributed by atoms with Crippen molar-refractivity contribution in [1.29, 1.82) is 0 Å². The normalized spacial score (nSPS) is 24.2. The van der Waals surface area contributed by atoms with E-state index in [0.717, 1.165) is 38.5 Å². The van der Waals surface area contributed by atoms with E-state index in [1.807, 2.05) is 13.8 Å². The molecule has 2 fully saturated rings. The highest BCUT2D eigenvalue weighted by Crippen LogP contribution is 2.37. The second-order valence-electron chi connectivity index (χ2n) is 6.46. The maximum atomic E-state index is 12.9. The number of carbonyl (C=O) groups excluding carboxylic acids is 2. The lowest BCUT2D eigenvalue weighted by atomic mass is 9.85. The Morgan fingerprint density at radius 3 is 2.45 bits per heavy atom. The molecule has 0 radical (unpaired) electrons. The highest BCUT2D eigenvalue weighted by Gasteiger charge is 2.54. The highest BCUT2D eigenvalue weighted by molar-refractivity contribution is 6.02. The molecule has 5 heteroatoms. The first-order valence-electron chi connectivity index (χ1n) is 7.58. The van der Waals surface area contributed by atoms with Gasteiger partial charge in [-0.3, -0.25) is 9.59 Å². The minimum Gasteiger partial charge on any atom is -0.385 e. The summed E-state index contributed by atoms with van der Waals surface area (Å²) >= 11 is 0. The fraction of sp³-hybridized carbons (Fsp3) is 0.867. The van der Waals surface area contributed by atoms with Crippen LogP contribution in [0.4, 0.5) is 0 Å². The molecule has 114 valence electrons. The number of unbranched alkanes of at least 4 members (excludes halogenated alkanes) is 1. The molecular weight excluding hydrogens is 256 g/mol. The zero-order chi connectivity index (χ0) is 14.8. The molecule has 2 amide bonds. The van der Waals surface area contributed by atoms with Gasteiger partial charge in [0.1, 0.15) is 11.1 Å². The lowest BCUT2D eigenvalue weighted by Gasteiger charge is -2.49. The van der Waals surface area contributed by atoms with Crippen LogP contribution in [0.3, 0.4) is 0 Å². The molecule has 1 heterocycles. The monoisotopic (exact) mass is 282 g/mol.